The van der Waals surface area contributed by atoms with Crippen molar-refractivity contribution in [1.29, 1.82) is 0 Å². The number of alkyl halides is 1. The Bertz CT molecular complexity index is 310. The predicted octanol–water partition coefficient (Wildman–Crippen LogP) is 1.96. The van der Waals surface area contributed by atoms with Gasteiger partial charge in [-0.1, -0.05) is 5.10 Å². The van der Waals surface area contributed by atoms with Crippen molar-refractivity contribution in [2.24, 2.45) is 0 Å². The molecule has 0 saturated carbocycles. The molecule has 15 heavy (non-hydrogen) atoms. The fourth-order valence-electron chi connectivity index (χ4n) is 1.48. The van der Waals surface area contributed by atoms with Crippen LogP contribution in [0.3, 0.4) is 0 Å². The molecule has 1 fully saturated rings. The molecule has 2 unspecified atom stereocenters. The minimum atomic E-state index is -0.254. The van der Waals surface area contributed by atoms with Crippen LogP contribution in [0.1, 0.15) is 31.0 Å². The Kier molecular flexibility index (Phi) is 3.43. The van der Waals surface area contributed by atoms with Gasteiger partial charge < -0.3 is 14.5 Å². The quantitative estimate of drug-likeness (QED) is 0.806. The zero-order chi connectivity index (χ0) is 10.7. The average molecular weight is 232 g/mol. The van der Waals surface area contributed by atoms with Crippen LogP contribution in [0.5, 0.6) is 0 Å². The molecule has 0 aliphatic carbocycles. The average Bonchev–Trinajstić information content (AvgIpc) is 2.68. The lowest BCUT2D eigenvalue weighted by Gasteiger charge is -2.21. The summed E-state index contributed by atoms with van der Waals surface area (Å²) in [4.78, 5) is 0. The molecule has 6 heteroatoms. The van der Waals surface area contributed by atoms with Gasteiger partial charge in [0.05, 0.1) is 12.6 Å². The number of hydrogen-bond donors (Lipinski definition) is 1. The summed E-state index contributed by atoms with van der Waals surface area (Å²) in [5.74, 6) is 0.441. The highest BCUT2D eigenvalue weighted by Crippen LogP contribution is 2.20. The third-order valence-electron chi connectivity index (χ3n) is 2.27. The summed E-state index contributed by atoms with van der Waals surface area (Å²) in [5, 5.41) is 10.6. The maximum Gasteiger partial charge on any atom is 0.315 e. The summed E-state index contributed by atoms with van der Waals surface area (Å²) < 4.78 is 10.7. The number of nitrogens with one attached hydrogen (secondary N) is 1. The van der Waals surface area contributed by atoms with E-state index in [2.05, 4.69) is 15.5 Å². The third-order valence-corrected chi connectivity index (χ3v) is 2.46. The monoisotopic (exact) mass is 231 g/mol. The minimum absolute atomic E-state index is 0.254. The van der Waals surface area contributed by atoms with Crippen molar-refractivity contribution >= 4 is 17.6 Å². The van der Waals surface area contributed by atoms with E-state index in [1.54, 1.807) is 6.92 Å². The Hall–Kier alpha value is -0.810. The van der Waals surface area contributed by atoms with Crippen molar-refractivity contribution in [2.75, 3.05) is 18.5 Å². The zero-order valence-corrected chi connectivity index (χ0v) is 9.33. The van der Waals surface area contributed by atoms with Crippen molar-refractivity contribution in [3.8, 4) is 0 Å². The van der Waals surface area contributed by atoms with Crippen LogP contribution >= 0.6 is 11.6 Å². The summed E-state index contributed by atoms with van der Waals surface area (Å²) >= 11 is 5.81. The highest BCUT2D eigenvalue weighted by Gasteiger charge is 2.17. The summed E-state index contributed by atoms with van der Waals surface area (Å²) in [6.07, 6.45) is 2.12. The molecule has 2 heterocycles. The van der Waals surface area contributed by atoms with Crippen LogP contribution in [0.2, 0.25) is 0 Å². The van der Waals surface area contributed by atoms with Crippen LogP contribution in [-0.4, -0.2) is 29.5 Å². The molecule has 1 N–H and O–H groups in total. The lowest BCUT2D eigenvalue weighted by atomic mass is 10.1. The maximum absolute atomic E-state index is 5.81. The van der Waals surface area contributed by atoms with Crippen molar-refractivity contribution in [2.45, 2.75) is 31.2 Å². The molecule has 84 valence electrons. The van der Waals surface area contributed by atoms with Gasteiger partial charge in [0, 0.05) is 6.61 Å². The Morgan fingerprint density at radius 1 is 1.53 bits per heavy atom. The van der Waals surface area contributed by atoms with E-state index in [1.807, 2.05) is 0 Å². The minimum Gasteiger partial charge on any atom is -0.406 e. The molecule has 1 saturated heterocycles. The second kappa shape index (κ2) is 4.81. The van der Waals surface area contributed by atoms with Crippen molar-refractivity contribution in [3.05, 3.63) is 5.89 Å². The topological polar surface area (TPSA) is 60.2 Å². The van der Waals surface area contributed by atoms with Crippen LogP contribution < -0.4 is 5.32 Å². The van der Waals surface area contributed by atoms with Gasteiger partial charge in [-0.2, -0.15) is 0 Å². The van der Waals surface area contributed by atoms with E-state index in [-0.39, 0.29) is 11.4 Å². The van der Waals surface area contributed by atoms with E-state index in [0.717, 1.165) is 19.4 Å². The Morgan fingerprint density at radius 2 is 2.40 bits per heavy atom. The van der Waals surface area contributed by atoms with Gasteiger partial charge in [0.1, 0.15) is 5.38 Å². The molecule has 1 aromatic rings. The number of ether oxygens (including phenoxy) is 1. The fourth-order valence-corrected chi connectivity index (χ4v) is 1.57. The second-order valence-electron chi connectivity index (χ2n) is 3.62. The first-order valence-corrected chi connectivity index (χ1v) is 5.51. The van der Waals surface area contributed by atoms with Crippen LogP contribution in [0.15, 0.2) is 4.42 Å². The Labute approximate surface area is 93.1 Å². The molecule has 0 spiro atoms. The highest BCUT2D eigenvalue weighted by atomic mass is 35.5. The number of anilines is 1. The van der Waals surface area contributed by atoms with Gasteiger partial charge in [-0.3, -0.25) is 0 Å². The first kappa shape index (κ1) is 10.7. The van der Waals surface area contributed by atoms with Gasteiger partial charge in [0.15, 0.2) is 0 Å². The number of hydrogen-bond acceptors (Lipinski definition) is 5. The number of halogens is 1. The van der Waals surface area contributed by atoms with E-state index in [9.17, 15) is 0 Å². The van der Waals surface area contributed by atoms with Crippen LogP contribution in [0.4, 0.5) is 6.01 Å². The highest BCUT2D eigenvalue weighted by molar-refractivity contribution is 6.20. The van der Waals surface area contributed by atoms with Crippen LogP contribution in [-0.2, 0) is 4.74 Å². The van der Waals surface area contributed by atoms with Crippen LogP contribution in [0.25, 0.3) is 0 Å². The lowest BCUT2D eigenvalue weighted by molar-refractivity contribution is 0.0868. The van der Waals surface area contributed by atoms with Crippen molar-refractivity contribution < 1.29 is 9.15 Å². The van der Waals surface area contributed by atoms with Gasteiger partial charge in [0.2, 0.25) is 5.89 Å². The van der Waals surface area contributed by atoms with Crippen LogP contribution in [0, 0.1) is 0 Å². The number of nitrogens with zero attached hydrogens (tertiary/aromatic N) is 2. The SMILES string of the molecule is CC(Cl)c1nnc(NC2CCCOC2)o1. The van der Waals surface area contributed by atoms with E-state index in [0.29, 0.717) is 18.5 Å². The smallest absolute Gasteiger partial charge is 0.315 e. The van der Waals surface area contributed by atoms with Crippen molar-refractivity contribution in [1.82, 2.24) is 10.2 Å². The maximum atomic E-state index is 5.81. The molecule has 1 aliphatic heterocycles. The molecule has 0 amide bonds. The molecule has 0 aromatic carbocycles. The molecule has 0 radical (unpaired) electrons. The third kappa shape index (κ3) is 2.82. The first-order chi connectivity index (χ1) is 7.25. The van der Waals surface area contributed by atoms with E-state index < -0.39 is 0 Å². The molecule has 2 rings (SSSR count). The van der Waals surface area contributed by atoms with Gasteiger partial charge >= 0.3 is 6.01 Å². The van der Waals surface area contributed by atoms with Gasteiger partial charge in [-0.15, -0.1) is 16.7 Å². The van der Waals surface area contributed by atoms with Crippen molar-refractivity contribution in [3.63, 3.8) is 0 Å². The van der Waals surface area contributed by atoms with Gasteiger partial charge in [0.25, 0.3) is 0 Å². The summed E-state index contributed by atoms with van der Waals surface area (Å²) in [6, 6.07) is 0.686. The van der Waals surface area contributed by atoms with E-state index >= 15 is 0 Å². The molecule has 5 nitrogen and oxygen atoms in total. The molecule has 0 bridgehead atoms. The predicted molar refractivity (Wildman–Crippen MR) is 56.0 cm³/mol. The first-order valence-electron chi connectivity index (χ1n) is 5.07. The lowest BCUT2D eigenvalue weighted by Crippen LogP contribution is -2.30. The zero-order valence-electron chi connectivity index (χ0n) is 8.57. The number of aromatic nitrogens is 2. The largest absolute Gasteiger partial charge is 0.406 e. The van der Waals surface area contributed by atoms with Gasteiger partial charge in [-0.05, 0) is 19.8 Å². The molecule has 1 aromatic heterocycles. The summed E-state index contributed by atoms with van der Waals surface area (Å²) in [6.45, 7) is 3.32. The van der Waals surface area contributed by atoms with E-state index in [4.69, 9.17) is 20.8 Å². The van der Waals surface area contributed by atoms with E-state index in [1.165, 1.54) is 0 Å². The molecular weight excluding hydrogens is 218 g/mol. The normalized spacial score (nSPS) is 23.7. The Morgan fingerprint density at radius 3 is 3.00 bits per heavy atom. The molecular formula is C9H14ClN3O2. The second-order valence-corrected chi connectivity index (χ2v) is 4.27. The molecule has 1 aliphatic rings. The van der Waals surface area contributed by atoms with Gasteiger partial charge in [-0.25, -0.2) is 0 Å². The summed E-state index contributed by atoms with van der Waals surface area (Å²) in [5.41, 5.74) is 0. The fraction of sp³-hybridized carbons (Fsp3) is 0.778. The number of rotatable bonds is 3. The molecule has 2 atom stereocenters. The Balaban J connectivity index is 1.91. The summed E-state index contributed by atoms with van der Waals surface area (Å²) in [7, 11) is 0. The standard InChI is InChI=1S/C9H14ClN3O2/c1-6(10)8-12-13-9(15-8)11-7-3-2-4-14-5-7/h6-7H,2-5H2,1H3,(H,11,13).